The highest BCUT2D eigenvalue weighted by molar-refractivity contribution is 7.99. The van der Waals surface area contributed by atoms with Gasteiger partial charge >= 0.3 is 0 Å². The zero-order valence-corrected chi connectivity index (χ0v) is 18.4. The van der Waals surface area contributed by atoms with E-state index in [0.29, 0.717) is 33.9 Å². The fourth-order valence-electron chi connectivity index (χ4n) is 2.58. The van der Waals surface area contributed by atoms with Gasteiger partial charge in [-0.2, -0.15) is 5.10 Å². The molecule has 30 heavy (non-hydrogen) atoms. The van der Waals surface area contributed by atoms with Crippen molar-refractivity contribution in [2.24, 2.45) is 5.10 Å². The number of para-hydroxylation sites is 1. The van der Waals surface area contributed by atoms with Crippen LogP contribution in [0.25, 0.3) is 0 Å². The van der Waals surface area contributed by atoms with Gasteiger partial charge in [-0.3, -0.25) is 4.79 Å². The number of hydrazone groups is 1. The Bertz CT molecular complexity index is 1030. The number of nitrogens with one attached hydrogen (secondary N) is 1. The highest BCUT2D eigenvalue weighted by Crippen LogP contribution is 2.21. The molecule has 4 nitrogen and oxygen atoms in total. The van der Waals surface area contributed by atoms with Gasteiger partial charge in [-0.15, -0.1) is 11.8 Å². The molecule has 154 valence electrons. The first kappa shape index (κ1) is 22.2. The Kier molecular flexibility index (Phi) is 8.63. The summed E-state index contributed by atoms with van der Waals surface area (Å²) in [6.07, 6.45) is 1.57. The van der Waals surface area contributed by atoms with Crippen molar-refractivity contribution in [3.63, 3.8) is 0 Å². The maximum absolute atomic E-state index is 12.0. The van der Waals surface area contributed by atoms with E-state index in [1.165, 1.54) is 11.8 Å². The molecular formula is C23H20Cl2N2O2S. The normalized spacial score (nSPS) is 10.9. The van der Waals surface area contributed by atoms with Crippen molar-refractivity contribution in [2.75, 3.05) is 5.75 Å². The lowest BCUT2D eigenvalue weighted by molar-refractivity contribution is -0.118. The van der Waals surface area contributed by atoms with Crippen LogP contribution in [-0.4, -0.2) is 17.9 Å². The Hall–Kier alpha value is -2.47. The molecule has 0 bridgehead atoms. The van der Waals surface area contributed by atoms with Gasteiger partial charge in [0.15, 0.2) is 0 Å². The molecule has 0 heterocycles. The lowest BCUT2D eigenvalue weighted by Crippen LogP contribution is -2.19. The highest BCUT2D eigenvalue weighted by atomic mass is 35.5. The van der Waals surface area contributed by atoms with Gasteiger partial charge in [-0.05, 0) is 35.9 Å². The first-order valence-corrected chi connectivity index (χ1v) is 11.1. The standard InChI is InChI=1S/C23H20Cl2N2O2S/c24-20-9-5-6-17(12-20)15-30-16-23(28)27-26-13-18-7-2-4-11-22(18)29-14-19-8-1-3-10-21(19)25/h1-13H,14-16H2,(H,27,28)/b26-13+. The molecule has 1 N–H and O–H groups in total. The van der Waals surface area contributed by atoms with Crippen molar-refractivity contribution in [2.45, 2.75) is 12.4 Å². The van der Waals surface area contributed by atoms with Crippen LogP contribution in [0.15, 0.2) is 77.9 Å². The monoisotopic (exact) mass is 458 g/mol. The molecule has 0 aromatic heterocycles. The van der Waals surface area contributed by atoms with Crippen LogP contribution in [-0.2, 0) is 17.2 Å². The van der Waals surface area contributed by atoms with Gasteiger partial charge in [0.05, 0.1) is 12.0 Å². The lowest BCUT2D eigenvalue weighted by Gasteiger charge is -2.10. The second kappa shape index (κ2) is 11.6. The van der Waals surface area contributed by atoms with Crippen LogP contribution >= 0.6 is 35.0 Å². The first-order valence-electron chi connectivity index (χ1n) is 9.21. The SMILES string of the molecule is O=C(CSCc1cccc(Cl)c1)N/N=C/c1ccccc1OCc1ccccc1Cl. The Morgan fingerprint density at radius 1 is 1.03 bits per heavy atom. The third-order valence-electron chi connectivity index (χ3n) is 4.04. The molecule has 3 aromatic rings. The molecule has 0 aliphatic rings. The number of carbonyl (C=O) groups is 1. The smallest absolute Gasteiger partial charge is 0.250 e. The van der Waals surface area contributed by atoms with Crippen LogP contribution in [0.1, 0.15) is 16.7 Å². The number of carbonyl (C=O) groups excluding carboxylic acids is 1. The number of benzene rings is 3. The van der Waals surface area contributed by atoms with E-state index < -0.39 is 0 Å². The first-order chi connectivity index (χ1) is 14.6. The third-order valence-corrected chi connectivity index (χ3v) is 5.65. The lowest BCUT2D eigenvalue weighted by atomic mass is 10.2. The van der Waals surface area contributed by atoms with Gasteiger partial charge in [0, 0.05) is 26.9 Å². The zero-order valence-electron chi connectivity index (χ0n) is 16.1. The molecule has 0 radical (unpaired) electrons. The molecule has 0 spiro atoms. The maximum Gasteiger partial charge on any atom is 0.250 e. The Morgan fingerprint density at radius 2 is 1.83 bits per heavy atom. The molecule has 1 amide bonds. The van der Waals surface area contributed by atoms with Crippen LogP contribution in [0.5, 0.6) is 5.75 Å². The van der Waals surface area contributed by atoms with Crippen LogP contribution in [0.3, 0.4) is 0 Å². The fraction of sp³-hybridized carbons (Fsp3) is 0.130. The quantitative estimate of drug-likeness (QED) is 0.318. The van der Waals surface area contributed by atoms with Crippen molar-refractivity contribution in [1.82, 2.24) is 5.43 Å². The van der Waals surface area contributed by atoms with Crippen LogP contribution in [0.2, 0.25) is 10.0 Å². The fourth-order valence-corrected chi connectivity index (χ4v) is 3.75. The number of nitrogens with zero attached hydrogens (tertiary/aromatic N) is 1. The van der Waals surface area contributed by atoms with Gasteiger partial charge in [0.1, 0.15) is 12.4 Å². The van der Waals surface area contributed by atoms with E-state index in [4.69, 9.17) is 27.9 Å². The minimum Gasteiger partial charge on any atom is -0.488 e. The molecule has 0 atom stereocenters. The van der Waals surface area contributed by atoms with Gasteiger partial charge in [0.25, 0.3) is 0 Å². The second-order valence-electron chi connectivity index (χ2n) is 6.33. The summed E-state index contributed by atoms with van der Waals surface area (Å²) in [5.41, 5.74) is 5.28. The summed E-state index contributed by atoms with van der Waals surface area (Å²) in [7, 11) is 0. The molecule has 3 aromatic carbocycles. The second-order valence-corrected chi connectivity index (χ2v) is 8.16. The van der Waals surface area contributed by atoms with Crippen molar-refractivity contribution in [1.29, 1.82) is 0 Å². The average Bonchev–Trinajstić information content (AvgIpc) is 2.74. The van der Waals surface area contributed by atoms with Crippen molar-refractivity contribution in [3.8, 4) is 5.75 Å². The van der Waals surface area contributed by atoms with Crippen molar-refractivity contribution >= 4 is 47.1 Å². The number of halogens is 2. The van der Waals surface area contributed by atoms with Gasteiger partial charge < -0.3 is 4.74 Å². The zero-order chi connectivity index (χ0) is 21.2. The number of hydrogen-bond donors (Lipinski definition) is 1. The van der Waals surface area contributed by atoms with E-state index in [1.807, 2.05) is 72.8 Å². The van der Waals surface area contributed by atoms with Crippen LogP contribution in [0, 0.1) is 0 Å². The minimum atomic E-state index is -0.173. The van der Waals surface area contributed by atoms with Gasteiger partial charge in [-0.1, -0.05) is 65.7 Å². The van der Waals surface area contributed by atoms with E-state index in [1.54, 1.807) is 6.21 Å². The van der Waals surface area contributed by atoms with E-state index in [2.05, 4.69) is 10.5 Å². The summed E-state index contributed by atoms with van der Waals surface area (Å²) in [5, 5.41) is 5.40. The summed E-state index contributed by atoms with van der Waals surface area (Å²) in [6, 6.07) is 22.6. The van der Waals surface area contributed by atoms with Crippen molar-refractivity contribution in [3.05, 3.63) is 99.5 Å². The number of rotatable bonds is 9. The van der Waals surface area contributed by atoms with Gasteiger partial charge in [-0.25, -0.2) is 5.43 Å². The maximum atomic E-state index is 12.0. The van der Waals surface area contributed by atoms with Gasteiger partial charge in [0.2, 0.25) is 5.91 Å². The van der Waals surface area contributed by atoms with E-state index in [0.717, 1.165) is 16.7 Å². The van der Waals surface area contributed by atoms with E-state index >= 15 is 0 Å². The van der Waals surface area contributed by atoms with E-state index in [9.17, 15) is 4.79 Å². The highest BCUT2D eigenvalue weighted by Gasteiger charge is 2.05. The summed E-state index contributed by atoms with van der Waals surface area (Å²) in [4.78, 5) is 12.0. The molecule has 3 rings (SSSR count). The largest absolute Gasteiger partial charge is 0.488 e. The summed E-state index contributed by atoms with van der Waals surface area (Å²) >= 11 is 13.6. The Labute approximate surface area is 190 Å². The Balaban J connectivity index is 1.48. The predicted octanol–water partition coefficient (Wildman–Crippen LogP) is 5.96. The molecule has 0 unspecified atom stereocenters. The predicted molar refractivity (Wildman–Crippen MR) is 126 cm³/mol. The van der Waals surface area contributed by atoms with Crippen LogP contribution in [0.4, 0.5) is 0 Å². The van der Waals surface area contributed by atoms with Crippen molar-refractivity contribution < 1.29 is 9.53 Å². The molecule has 0 aliphatic carbocycles. The molecule has 0 aliphatic heterocycles. The topological polar surface area (TPSA) is 50.7 Å². The molecular weight excluding hydrogens is 439 g/mol. The number of hydrogen-bond acceptors (Lipinski definition) is 4. The minimum absolute atomic E-state index is 0.173. The number of amides is 1. The number of ether oxygens (including phenoxy) is 1. The molecule has 0 fully saturated rings. The molecule has 0 saturated carbocycles. The third kappa shape index (κ3) is 7.10. The number of thioether (sulfide) groups is 1. The summed E-state index contributed by atoms with van der Waals surface area (Å²) in [5.74, 6) is 1.49. The average molecular weight is 459 g/mol. The summed E-state index contributed by atoms with van der Waals surface area (Å²) < 4.78 is 5.88. The Morgan fingerprint density at radius 3 is 2.67 bits per heavy atom. The van der Waals surface area contributed by atoms with E-state index in [-0.39, 0.29) is 5.91 Å². The molecule has 7 heteroatoms. The summed E-state index contributed by atoms with van der Waals surface area (Å²) in [6.45, 7) is 0.344. The van der Waals surface area contributed by atoms with Crippen LogP contribution < -0.4 is 10.2 Å². The molecule has 0 saturated heterocycles.